The Morgan fingerprint density at radius 1 is 0.909 bits per heavy atom. The summed E-state index contributed by atoms with van der Waals surface area (Å²) in [7, 11) is 1.05. The van der Waals surface area contributed by atoms with Crippen molar-refractivity contribution in [3.05, 3.63) is 59.1 Å². The lowest BCUT2D eigenvalue weighted by Crippen LogP contribution is -2.48. The van der Waals surface area contributed by atoms with E-state index in [4.69, 9.17) is 19.2 Å². The summed E-state index contributed by atoms with van der Waals surface area (Å²) < 4.78 is 43.7. The number of nitrogens with zero attached hydrogens (tertiary/aromatic N) is 3. The van der Waals surface area contributed by atoms with E-state index in [9.17, 15) is 8.42 Å². The summed E-state index contributed by atoms with van der Waals surface area (Å²) in [6, 6.07) is 12.6. The normalized spacial score (nSPS) is 14.8. The first kappa shape index (κ1) is 23.3. The van der Waals surface area contributed by atoms with Crippen LogP contribution in [0.15, 0.2) is 52.7 Å². The van der Waals surface area contributed by atoms with Crippen LogP contribution in [0.3, 0.4) is 0 Å². The van der Waals surface area contributed by atoms with Gasteiger partial charge in [0.25, 0.3) is 0 Å². The number of aromatic nitrogens is 1. The standard InChI is InChI=1S/C23H27N3O5S2/c1-29-20-7-5-4-6-17(20)14-18-16-32-23(24-18)25-10-12-26(13-11-25)33(27,28)19-8-9-21(30-2)22(15-19)31-3/h4-9,15-16H,10-14H2,1-3H3. The summed E-state index contributed by atoms with van der Waals surface area (Å²) in [6.45, 7) is 1.93. The fourth-order valence-corrected chi connectivity index (χ4v) is 6.13. The predicted octanol–water partition coefficient (Wildman–Crippen LogP) is 3.27. The van der Waals surface area contributed by atoms with Crippen LogP contribution in [0.5, 0.6) is 17.2 Å². The molecule has 3 aromatic rings. The number of thiazole rings is 1. The van der Waals surface area contributed by atoms with Crippen LogP contribution in [0.4, 0.5) is 5.13 Å². The number of para-hydroxylation sites is 1. The van der Waals surface area contributed by atoms with Crippen molar-refractivity contribution >= 4 is 26.5 Å². The molecule has 2 heterocycles. The minimum Gasteiger partial charge on any atom is -0.496 e. The van der Waals surface area contributed by atoms with Gasteiger partial charge in [-0.1, -0.05) is 18.2 Å². The first-order valence-corrected chi connectivity index (χ1v) is 12.8. The second-order valence-electron chi connectivity index (χ2n) is 7.52. The van der Waals surface area contributed by atoms with Crippen molar-refractivity contribution in [1.82, 2.24) is 9.29 Å². The van der Waals surface area contributed by atoms with E-state index in [1.165, 1.54) is 24.6 Å². The molecule has 8 nitrogen and oxygen atoms in total. The van der Waals surface area contributed by atoms with Crippen LogP contribution in [-0.2, 0) is 16.4 Å². The molecule has 0 aliphatic carbocycles. The Morgan fingerprint density at radius 2 is 1.61 bits per heavy atom. The van der Waals surface area contributed by atoms with Gasteiger partial charge in [-0.05, 0) is 18.2 Å². The van der Waals surface area contributed by atoms with E-state index in [1.807, 2.05) is 24.3 Å². The number of sulfonamides is 1. The second-order valence-corrected chi connectivity index (χ2v) is 10.3. The van der Waals surface area contributed by atoms with Gasteiger partial charge in [-0.15, -0.1) is 11.3 Å². The molecule has 0 unspecified atom stereocenters. The van der Waals surface area contributed by atoms with Crippen LogP contribution in [-0.4, -0.2) is 65.2 Å². The summed E-state index contributed by atoms with van der Waals surface area (Å²) in [5, 5.41) is 2.96. The minimum absolute atomic E-state index is 0.196. The van der Waals surface area contributed by atoms with Gasteiger partial charge in [-0.3, -0.25) is 0 Å². The molecule has 4 rings (SSSR count). The van der Waals surface area contributed by atoms with E-state index in [-0.39, 0.29) is 4.90 Å². The van der Waals surface area contributed by atoms with Crippen molar-refractivity contribution in [3.8, 4) is 17.2 Å². The van der Waals surface area contributed by atoms with Crippen molar-refractivity contribution in [3.63, 3.8) is 0 Å². The first-order valence-electron chi connectivity index (χ1n) is 10.5. The van der Waals surface area contributed by atoms with Crippen LogP contribution in [0.1, 0.15) is 11.3 Å². The Balaban J connectivity index is 1.42. The molecule has 33 heavy (non-hydrogen) atoms. The Kier molecular flexibility index (Phi) is 7.06. The molecule has 0 atom stereocenters. The molecule has 0 N–H and O–H groups in total. The fourth-order valence-electron chi connectivity index (χ4n) is 3.81. The molecule has 0 bridgehead atoms. The smallest absolute Gasteiger partial charge is 0.243 e. The third-order valence-corrected chi connectivity index (χ3v) is 8.45. The monoisotopic (exact) mass is 489 g/mol. The number of rotatable bonds is 8. The number of anilines is 1. The number of benzene rings is 2. The average Bonchev–Trinajstić information content (AvgIpc) is 3.32. The van der Waals surface area contributed by atoms with Crippen molar-refractivity contribution in [2.24, 2.45) is 0 Å². The molecule has 10 heteroatoms. The van der Waals surface area contributed by atoms with Crippen molar-refractivity contribution in [1.29, 1.82) is 0 Å². The van der Waals surface area contributed by atoms with Crippen molar-refractivity contribution in [2.45, 2.75) is 11.3 Å². The summed E-state index contributed by atoms with van der Waals surface area (Å²) in [6.07, 6.45) is 0.689. The van der Waals surface area contributed by atoms with Crippen LogP contribution in [0, 0.1) is 0 Å². The molecule has 0 radical (unpaired) electrons. The number of piperazine rings is 1. The van der Waals surface area contributed by atoms with E-state index in [1.54, 1.807) is 30.6 Å². The van der Waals surface area contributed by atoms with E-state index in [2.05, 4.69) is 10.3 Å². The molecule has 0 saturated carbocycles. The zero-order valence-corrected chi connectivity index (χ0v) is 20.5. The van der Waals surface area contributed by atoms with E-state index in [0.29, 0.717) is 44.1 Å². The highest BCUT2D eigenvalue weighted by Gasteiger charge is 2.30. The molecular weight excluding hydrogens is 462 g/mol. The minimum atomic E-state index is -3.63. The quantitative estimate of drug-likeness (QED) is 0.480. The molecule has 1 fully saturated rings. The SMILES string of the molecule is COc1ccccc1Cc1csc(N2CCN(S(=O)(=O)c3ccc(OC)c(OC)c3)CC2)n1. The highest BCUT2D eigenvalue weighted by atomic mass is 32.2. The van der Waals surface area contributed by atoms with Gasteiger partial charge in [-0.2, -0.15) is 4.31 Å². The van der Waals surface area contributed by atoms with E-state index in [0.717, 1.165) is 22.1 Å². The molecular formula is C23H27N3O5S2. The molecule has 1 aliphatic rings. The first-order chi connectivity index (χ1) is 16.0. The molecule has 0 amide bonds. The van der Waals surface area contributed by atoms with Crippen LogP contribution < -0.4 is 19.1 Å². The third kappa shape index (κ3) is 4.92. The molecule has 2 aromatic carbocycles. The van der Waals surface area contributed by atoms with Crippen LogP contribution >= 0.6 is 11.3 Å². The van der Waals surface area contributed by atoms with Gasteiger partial charge >= 0.3 is 0 Å². The Labute approximate surface area is 198 Å². The molecule has 1 saturated heterocycles. The maximum atomic E-state index is 13.2. The van der Waals surface area contributed by atoms with Gasteiger partial charge in [0.15, 0.2) is 16.6 Å². The van der Waals surface area contributed by atoms with Gasteiger partial charge in [0.1, 0.15) is 5.75 Å². The Morgan fingerprint density at radius 3 is 2.30 bits per heavy atom. The topological polar surface area (TPSA) is 81.2 Å². The van der Waals surface area contributed by atoms with Gasteiger partial charge in [0.2, 0.25) is 10.0 Å². The van der Waals surface area contributed by atoms with Gasteiger partial charge in [-0.25, -0.2) is 13.4 Å². The summed E-state index contributed by atoms with van der Waals surface area (Å²) in [5.41, 5.74) is 2.06. The predicted molar refractivity (Wildman–Crippen MR) is 128 cm³/mol. The Bertz CT molecular complexity index is 1200. The highest BCUT2D eigenvalue weighted by molar-refractivity contribution is 7.89. The van der Waals surface area contributed by atoms with Gasteiger partial charge in [0.05, 0.1) is 31.9 Å². The van der Waals surface area contributed by atoms with Gasteiger partial charge in [0, 0.05) is 49.6 Å². The second kappa shape index (κ2) is 9.98. The third-order valence-electron chi connectivity index (χ3n) is 5.61. The Hall–Kier alpha value is -2.82. The lowest BCUT2D eigenvalue weighted by Gasteiger charge is -2.33. The summed E-state index contributed by atoms with van der Waals surface area (Å²) >= 11 is 1.58. The molecule has 1 aliphatic heterocycles. The van der Waals surface area contributed by atoms with E-state index >= 15 is 0 Å². The van der Waals surface area contributed by atoms with Crippen LogP contribution in [0.2, 0.25) is 0 Å². The largest absolute Gasteiger partial charge is 0.496 e. The molecule has 0 spiro atoms. The molecule has 1 aromatic heterocycles. The van der Waals surface area contributed by atoms with Crippen molar-refractivity contribution in [2.75, 3.05) is 52.4 Å². The number of hydrogen-bond acceptors (Lipinski definition) is 8. The van der Waals surface area contributed by atoms with Crippen LogP contribution in [0.25, 0.3) is 0 Å². The van der Waals surface area contributed by atoms with Crippen molar-refractivity contribution < 1.29 is 22.6 Å². The van der Waals surface area contributed by atoms with E-state index < -0.39 is 10.0 Å². The number of hydrogen-bond donors (Lipinski definition) is 0. The lowest BCUT2D eigenvalue weighted by molar-refractivity contribution is 0.353. The lowest BCUT2D eigenvalue weighted by atomic mass is 10.1. The molecule has 176 valence electrons. The fraction of sp³-hybridized carbons (Fsp3) is 0.348. The maximum absolute atomic E-state index is 13.2. The summed E-state index contributed by atoms with van der Waals surface area (Å²) in [5.74, 6) is 1.73. The maximum Gasteiger partial charge on any atom is 0.243 e. The number of methoxy groups -OCH3 is 3. The zero-order chi connectivity index (χ0) is 23.4. The highest BCUT2D eigenvalue weighted by Crippen LogP contribution is 2.32. The number of ether oxygens (including phenoxy) is 3. The van der Waals surface area contributed by atoms with Gasteiger partial charge < -0.3 is 19.1 Å². The zero-order valence-electron chi connectivity index (χ0n) is 18.9. The average molecular weight is 490 g/mol. The summed E-state index contributed by atoms with van der Waals surface area (Å²) in [4.78, 5) is 7.11.